The van der Waals surface area contributed by atoms with Gasteiger partial charge in [-0.3, -0.25) is 9.59 Å². The molecule has 166 valence electrons. The molecule has 0 saturated carbocycles. The molecule has 0 radical (unpaired) electrons. The van der Waals surface area contributed by atoms with Gasteiger partial charge >= 0.3 is 0 Å². The quantitative estimate of drug-likeness (QED) is 0.444. The first-order valence-electron chi connectivity index (χ1n) is 10.7. The molecule has 1 aliphatic rings. The SMILES string of the molecule is COc1ccc(-c2noc(CNC(=O)CCCN3C(=O)c4cccc5cccc3c45)n2)cc1. The van der Waals surface area contributed by atoms with Gasteiger partial charge < -0.3 is 19.5 Å². The number of nitrogens with one attached hydrogen (secondary N) is 1. The maximum Gasteiger partial charge on any atom is 0.258 e. The van der Waals surface area contributed by atoms with Crippen LogP contribution < -0.4 is 15.0 Å². The fourth-order valence-corrected chi connectivity index (χ4v) is 4.05. The number of methoxy groups -OCH3 is 1. The monoisotopic (exact) mass is 442 g/mol. The molecule has 5 rings (SSSR count). The third-order valence-electron chi connectivity index (χ3n) is 5.69. The van der Waals surface area contributed by atoms with Crippen LogP contribution in [-0.4, -0.2) is 35.6 Å². The molecule has 2 heterocycles. The van der Waals surface area contributed by atoms with Crippen molar-refractivity contribution in [2.75, 3.05) is 18.6 Å². The zero-order chi connectivity index (χ0) is 22.8. The molecule has 1 N–H and O–H groups in total. The van der Waals surface area contributed by atoms with Crippen molar-refractivity contribution >= 4 is 28.3 Å². The van der Waals surface area contributed by atoms with Crippen molar-refractivity contribution in [1.29, 1.82) is 0 Å². The van der Waals surface area contributed by atoms with Crippen molar-refractivity contribution in [1.82, 2.24) is 15.5 Å². The van der Waals surface area contributed by atoms with Gasteiger partial charge in [0.2, 0.25) is 17.6 Å². The van der Waals surface area contributed by atoms with Gasteiger partial charge in [-0.1, -0.05) is 29.4 Å². The Morgan fingerprint density at radius 3 is 2.67 bits per heavy atom. The van der Waals surface area contributed by atoms with Crippen LogP contribution in [0.25, 0.3) is 22.2 Å². The minimum atomic E-state index is -0.137. The molecule has 0 atom stereocenters. The topological polar surface area (TPSA) is 97.6 Å². The van der Waals surface area contributed by atoms with E-state index in [2.05, 4.69) is 15.5 Å². The molecule has 2 amide bonds. The second kappa shape index (κ2) is 8.74. The Kier molecular flexibility index (Phi) is 5.48. The van der Waals surface area contributed by atoms with Gasteiger partial charge in [-0.2, -0.15) is 4.98 Å². The molecule has 33 heavy (non-hydrogen) atoms. The van der Waals surface area contributed by atoms with Gasteiger partial charge in [0, 0.05) is 29.5 Å². The number of carbonyl (C=O) groups is 2. The van der Waals surface area contributed by atoms with E-state index in [0.29, 0.717) is 24.7 Å². The Bertz CT molecular complexity index is 1320. The Morgan fingerprint density at radius 1 is 1.09 bits per heavy atom. The molecule has 0 aliphatic carbocycles. The molecule has 8 nitrogen and oxygen atoms in total. The standard InChI is InChI=1S/C25H22N4O4/c1-32-18-12-10-17(11-13-18)24-27-22(33-28-24)15-26-21(30)9-4-14-29-20-8-3-6-16-5-2-7-19(23(16)20)25(29)31/h2-3,5-8,10-13H,4,9,14-15H2,1H3,(H,26,30). The van der Waals surface area contributed by atoms with Crippen LogP contribution in [0.15, 0.2) is 65.2 Å². The Balaban J connectivity index is 1.13. The summed E-state index contributed by atoms with van der Waals surface area (Å²) in [5.74, 6) is 1.36. The fraction of sp³-hybridized carbons (Fsp3) is 0.200. The molecular weight excluding hydrogens is 420 g/mol. The Labute approximate surface area is 190 Å². The van der Waals surface area contributed by atoms with Gasteiger partial charge in [-0.25, -0.2) is 0 Å². The highest BCUT2D eigenvalue weighted by Crippen LogP contribution is 2.37. The minimum absolute atomic E-state index is 0.0147. The molecule has 0 spiro atoms. The van der Waals surface area contributed by atoms with Crippen molar-refractivity contribution < 1.29 is 18.8 Å². The van der Waals surface area contributed by atoms with Crippen LogP contribution in [0.3, 0.4) is 0 Å². The van der Waals surface area contributed by atoms with Crippen molar-refractivity contribution in [2.24, 2.45) is 0 Å². The van der Waals surface area contributed by atoms with Crippen molar-refractivity contribution in [2.45, 2.75) is 19.4 Å². The lowest BCUT2D eigenvalue weighted by Gasteiger charge is -2.17. The van der Waals surface area contributed by atoms with E-state index in [-0.39, 0.29) is 24.8 Å². The molecule has 3 aromatic carbocycles. The number of carbonyl (C=O) groups excluding carboxylic acids is 2. The summed E-state index contributed by atoms with van der Waals surface area (Å²) in [7, 11) is 1.60. The summed E-state index contributed by atoms with van der Waals surface area (Å²) in [6, 6.07) is 19.0. The van der Waals surface area contributed by atoms with Crippen LogP contribution in [0.2, 0.25) is 0 Å². The predicted octanol–water partition coefficient (Wildman–Crippen LogP) is 3.96. The van der Waals surface area contributed by atoms with E-state index in [4.69, 9.17) is 9.26 Å². The molecule has 4 aromatic rings. The zero-order valence-corrected chi connectivity index (χ0v) is 18.1. The van der Waals surface area contributed by atoms with Crippen LogP contribution >= 0.6 is 0 Å². The normalized spacial score (nSPS) is 12.4. The van der Waals surface area contributed by atoms with E-state index in [0.717, 1.165) is 33.3 Å². The number of benzene rings is 3. The fourth-order valence-electron chi connectivity index (χ4n) is 4.05. The lowest BCUT2D eigenvalue weighted by atomic mass is 10.1. The molecule has 0 fully saturated rings. The lowest BCUT2D eigenvalue weighted by molar-refractivity contribution is -0.121. The van der Waals surface area contributed by atoms with Crippen LogP contribution in [0.5, 0.6) is 5.75 Å². The van der Waals surface area contributed by atoms with Crippen LogP contribution in [-0.2, 0) is 11.3 Å². The number of rotatable bonds is 8. The summed E-state index contributed by atoms with van der Waals surface area (Å²) in [5.41, 5.74) is 2.42. The molecule has 1 aromatic heterocycles. The molecular formula is C25H22N4O4. The van der Waals surface area contributed by atoms with Gasteiger partial charge in [0.05, 0.1) is 19.3 Å². The zero-order valence-electron chi connectivity index (χ0n) is 18.1. The van der Waals surface area contributed by atoms with E-state index in [9.17, 15) is 9.59 Å². The van der Waals surface area contributed by atoms with Crippen LogP contribution in [0.1, 0.15) is 29.1 Å². The van der Waals surface area contributed by atoms with E-state index < -0.39 is 0 Å². The van der Waals surface area contributed by atoms with Crippen LogP contribution in [0.4, 0.5) is 5.69 Å². The van der Waals surface area contributed by atoms with Crippen LogP contribution in [0, 0.1) is 0 Å². The van der Waals surface area contributed by atoms with E-state index >= 15 is 0 Å². The molecule has 0 unspecified atom stereocenters. The van der Waals surface area contributed by atoms with Crippen molar-refractivity contribution in [3.63, 3.8) is 0 Å². The summed E-state index contributed by atoms with van der Waals surface area (Å²) >= 11 is 0. The minimum Gasteiger partial charge on any atom is -0.497 e. The Hall–Kier alpha value is -4.20. The summed E-state index contributed by atoms with van der Waals surface area (Å²) < 4.78 is 10.4. The lowest BCUT2D eigenvalue weighted by Crippen LogP contribution is -2.29. The number of nitrogens with zero attached hydrogens (tertiary/aromatic N) is 3. The highest BCUT2D eigenvalue weighted by molar-refractivity contribution is 6.25. The number of aromatic nitrogens is 2. The maximum atomic E-state index is 12.8. The number of hydrogen-bond acceptors (Lipinski definition) is 6. The van der Waals surface area contributed by atoms with Crippen molar-refractivity contribution in [3.05, 3.63) is 72.1 Å². The van der Waals surface area contributed by atoms with E-state index in [1.54, 1.807) is 12.0 Å². The van der Waals surface area contributed by atoms with E-state index in [1.807, 2.05) is 60.7 Å². The van der Waals surface area contributed by atoms with Gasteiger partial charge in [0.15, 0.2) is 0 Å². The average Bonchev–Trinajstić information content (AvgIpc) is 3.43. The first kappa shape index (κ1) is 20.7. The Morgan fingerprint density at radius 2 is 1.88 bits per heavy atom. The average molecular weight is 442 g/mol. The molecule has 1 aliphatic heterocycles. The first-order valence-corrected chi connectivity index (χ1v) is 10.7. The summed E-state index contributed by atoms with van der Waals surface area (Å²) in [4.78, 5) is 31.2. The van der Waals surface area contributed by atoms with Gasteiger partial charge in [-0.05, 0) is 48.2 Å². The first-order chi connectivity index (χ1) is 16.1. The van der Waals surface area contributed by atoms with Crippen molar-refractivity contribution in [3.8, 4) is 17.1 Å². The third-order valence-corrected chi connectivity index (χ3v) is 5.69. The number of amides is 2. The van der Waals surface area contributed by atoms with Gasteiger partial charge in [0.25, 0.3) is 5.91 Å². The third kappa shape index (κ3) is 4.03. The summed E-state index contributed by atoms with van der Waals surface area (Å²) in [6.45, 7) is 0.623. The summed E-state index contributed by atoms with van der Waals surface area (Å²) in [6.07, 6.45) is 0.832. The molecule has 0 saturated heterocycles. The van der Waals surface area contributed by atoms with Gasteiger partial charge in [0.1, 0.15) is 5.75 Å². The summed E-state index contributed by atoms with van der Waals surface area (Å²) in [5, 5.41) is 8.79. The van der Waals surface area contributed by atoms with Gasteiger partial charge in [-0.15, -0.1) is 0 Å². The largest absolute Gasteiger partial charge is 0.497 e. The number of anilines is 1. The maximum absolute atomic E-state index is 12.8. The van der Waals surface area contributed by atoms with E-state index in [1.165, 1.54) is 0 Å². The molecule has 0 bridgehead atoms. The number of ether oxygens (including phenoxy) is 1. The highest BCUT2D eigenvalue weighted by Gasteiger charge is 2.29. The smallest absolute Gasteiger partial charge is 0.258 e. The molecule has 8 heteroatoms. The second-order valence-corrected chi connectivity index (χ2v) is 7.76. The number of hydrogen-bond donors (Lipinski definition) is 1. The predicted molar refractivity (Wildman–Crippen MR) is 123 cm³/mol. The highest BCUT2D eigenvalue weighted by atomic mass is 16.5. The second-order valence-electron chi connectivity index (χ2n) is 7.76.